The molecule has 0 radical (unpaired) electrons. The molecule has 19 heavy (non-hydrogen) atoms. The van der Waals surface area contributed by atoms with E-state index in [1.165, 1.54) is 11.1 Å². The maximum atomic E-state index is 9.05. The van der Waals surface area contributed by atoms with Crippen LogP contribution in [0.2, 0.25) is 0 Å². The summed E-state index contributed by atoms with van der Waals surface area (Å²) in [5.41, 5.74) is 4.48. The number of nitrogens with zero attached hydrogens (tertiary/aromatic N) is 2. The van der Waals surface area contributed by atoms with Crippen LogP contribution >= 0.6 is 0 Å². The van der Waals surface area contributed by atoms with E-state index in [9.17, 15) is 0 Å². The molecule has 100 valence electrons. The lowest BCUT2D eigenvalue weighted by atomic mass is 9.77. The van der Waals surface area contributed by atoms with Crippen LogP contribution in [0.1, 0.15) is 62.8 Å². The molecular weight excluding hydrogens is 232 g/mol. The van der Waals surface area contributed by atoms with Gasteiger partial charge in [0.05, 0.1) is 25.0 Å². The fraction of sp³-hybridized carbons (Fsp3) is 0.529. The number of nitriles is 2. The zero-order valence-corrected chi connectivity index (χ0v) is 12.5. The zero-order valence-electron chi connectivity index (χ0n) is 12.5. The van der Waals surface area contributed by atoms with Crippen LogP contribution < -0.4 is 0 Å². The van der Waals surface area contributed by atoms with Crippen LogP contribution in [0.15, 0.2) is 12.1 Å². The molecule has 1 aromatic rings. The molecule has 0 heterocycles. The van der Waals surface area contributed by atoms with Crippen LogP contribution in [0.4, 0.5) is 0 Å². The van der Waals surface area contributed by atoms with Crippen molar-refractivity contribution in [3.8, 4) is 12.1 Å². The lowest BCUT2D eigenvalue weighted by Crippen LogP contribution is -2.18. The lowest BCUT2D eigenvalue weighted by molar-refractivity contribution is 0.578. The first kappa shape index (κ1) is 15.3. The van der Waals surface area contributed by atoms with Gasteiger partial charge in [-0.2, -0.15) is 10.5 Å². The summed E-state index contributed by atoms with van der Waals surface area (Å²) in [5, 5.41) is 18.1. The Morgan fingerprint density at radius 2 is 1.42 bits per heavy atom. The van der Waals surface area contributed by atoms with Crippen molar-refractivity contribution < 1.29 is 0 Å². The Bertz CT molecular complexity index is 497. The molecule has 0 aliphatic heterocycles. The van der Waals surface area contributed by atoms with Gasteiger partial charge in [-0.1, -0.05) is 46.8 Å². The molecule has 1 aromatic carbocycles. The van der Waals surface area contributed by atoms with E-state index in [4.69, 9.17) is 10.5 Å². The van der Waals surface area contributed by atoms with Gasteiger partial charge in [-0.25, -0.2) is 0 Å². The van der Waals surface area contributed by atoms with E-state index < -0.39 is 0 Å². The highest BCUT2D eigenvalue weighted by molar-refractivity contribution is 5.46. The van der Waals surface area contributed by atoms with Crippen molar-refractivity contribution in [2.24, 2.45) is 0 Å². The van der Waals surface area contributed by atoms with Crippen LogP contribution in [-0.2, 0) is 18.3 Å². The normalized spacial score (nSPS) is 11.2. The second kappa shape index (κ2) is 5.89. The molecule has 0 amide bonds. The van der Waals surface area contributed by atoms with E-state index in [0.717, 1.165) is 11.1 Å². The monoisotopic (exact) mass is 254 g/mol. The SMILES string of the molecule is CC(C)c1cc(CC#N)c(C(C)(C)C)c(CC#N)c1. The third kappa shape index (κ3) is 3.58. The van der Waals surface area contributed by atoms with Gasteiger partial charge >= 0.3 is 0 Å². The van der Waals surface area contributed by atoms with Crippen molar-refractivity contribution in [3.63, 3.8) is 0 Å². The minimum Gasteiger partial charge on any atom is -0.198 e. The Balaban J connectivity index is 3.57. The van der Waals surface area contributed by atoms with E-state index in [1.54, 1.807) is 0 Å². The molecule has 0 unspecified atom stereocenters. The van der Waals surface area contributed by atoms with Gasteiger partial charge in [0.15, 0.2) is 0 Å². The summed E-state index contributed by atoms with van der Waals surface area (Å²) in [5.74, 6) is 0.406. The lowest BCUT2D eigenvalue weighted by Gasteiger charge is -2.27. The van der Waals surface area contributed by atoms with Gasteiger partial charge in [-0.15, -0.1) is 0 Å². The predicted octanol–water partition coefficient (Wildman–Crippen LogP) is 4.24. The summed E-state index contributed by atoms with van der Waals surface area (Å²) < 4.78 is 0. The highest BCUT2D eigenvalue weighted by Gasteiger charge is 2.23. The summed E-state index contributed by atoms with van der Waals surface area (Å²) >= 11 is 0. The van der Waals surface area contributed by atoms with Crippen LogP contribution in [0.5, 0.6) is 0 Å². The van der Waals surface area contributed by atoms with E-state index in [2.05, 4.69) is 58.9 Å². The molecule has 2 heteroatoms. The fourth-order valence-corrected chi connectivity index (χ4v) is 2.54. The van der Waals surface area contributed by atoms with E-state index in [1.807, 2.05) is 0 Å². The van der Waals surface area contributed by atoms with Gasteiger partial charge < -0.3 is 0 Å². The molecule has 2 nitrogen and oxygen atoms in total. The van der Waals surface area contributed by atoms with Crippen molar-refractivity contribution in [2.75, 3.05) is 0 Å². The second-order valence-corrected chi connectivity index (χ2v) is 6.29. The Hall–Kier alpha value is -1.80. The van der Waals surface area contributed by atoms with Crippen LogP contribution in [0.25, 0.3) is 0 Å². The molecule has 0 fully saturated rings. The van der Waals surface area contributed by atoms with Crippen LogP contribution in [0, 0.1) is 22.7 Å². The number of hydrogen-bond acceptors (Lipinski definition) is 2. The molecule has 0 spiro atoms. The van der Waals surface area contributed by atoms with Crippen LogP contribution in [-0.4, -0.2) is 0 Å². The van der Waals surface area contributed by atoms with E-state index in [-0.39, 0.29) is 5.41 Å². The molecule has 0 saturated heterocycles. The quantitative estimate of drug-likeness (QED) is 0.810. The average Bonchev–Trinajstić information content (AvgIpc) is 2.27. The molecule has 0 bridgehead atoms. The first-order chi connectivity index (χ1) is 8.81. The first-order valence-electron chi connectivity index (χ1n) is 6.71. The molecule has 0 N–H and O–H groups in total. The second-order valence-electron chi connectivity index (χ2n) is 6.29. The summed E-state index contributed by atoms with van der Waals surface area (Å²) in [7, 11) is 0. The number of rotatable bonds is 3. The summed E-state index contributed by atoms with van der Waals surface area (Å²) in [6, 6.07) is 8.77. The van der Waals surface area contributed by atoms with Gasteiger partial charge in [0.2, 0.25) is 0 Å². The Kier molecular flexibility index (Phi) is 4.73. The highest BCUT2D eigenvalue weighted by Crippen LogP contribution is 2.33. The number of hydrogen-bond donors (Lipinski definition) is 0. The zero-order chi connectivity index (χ0) is 14.6. The van der Waals surface area contributed by atoms with Gasteiger partial charge in [-0.05, 0) is 33.6 Å². The van der Waals surface area contributed by atoms with Gasteiger partial charge in [0.1, 0.15) is 0 Å². The summed E-state index contributed by atoms with van der Waals surface area (Å²) in [4.78, 5) is 0. The topological polar surface area (TPSA) is 47.6 Å². The highest BCUT2D eigenvalue weighted by atomic mass is 14.3. The maximum absolute atomic E-state index is 9.05. The fourth-order valence-electron chi connectivity index (χ4n) is 2.54. The van der Waals surface area contributed by atoms with Crippen LogP contribution in [0.3, 0.4) is 0 Å². The Morgan fingerprint density at radius 3 is 1.68 bits per heavy atom. The summed E-state index contributed by atoms with van der Waals surface area (Å²) in [6.07, 6.45) is 0.817. The van der Waals surface area contributed by atoms with Gasteiger partial charge in [0, 0.05) is 0 Å². The molecule has 0 atom stereocenters. The third-order valence-electron chi connectivity index (χ3n) is 3.28. The molecule has 0 aliphatic carbocycles. The van der Waals surface area contributed by atoms with Crippen molar-refractivity contribution >= 4 is 0 Å². The smallest absolute Gasteiger partial charge is 0.0669 e. The molecule has 0 aliphatic rings. The van der Waals surface area contributed by atoms with Gasteiger partial charge in [0.25, 0.3) is 0 Å². The van der Waals surface area contributed by atoms with Crippen molar-refractivity contribution in [2.45, 2.75) is 58.8 Å². The van der Waals surface area contributed by atoms with E-state index in [0.29, 0.717) is 18.8 Å². The third-order valence-corrected chi connectivity index (χ3v) is 3.28. The van der Waals surface area contributed by atoms with Crippen molar-refractivity contribution in [1.82, 2.24) is 0 Å². The molecule has 0 saturated carbocycles. The van der Waals surface area contributed by atoms with Crippen molar-refractivity contribution in [3.05, 3.63) is 34.4 Å². The minimum absolute atomic E-state index is 0.0477. The summed E-state index contributed by atoms with van der Waals surface area (Å²) in [6.45, 7) is 10.7. The molecule has 0 aromatic heterocycles. The molecular formula is C17H22N2. The van der Waals surface area contributed by atoms with E-state index >= 15 is 0 Å². The predicted molar refractivity (Wildman–Crippen MR) is 77.9 cm³/mol. The Morgan fingerprint density at radius 1 is 1.00 bits per heavy atom. The molecule has 1 rings (SSSR count). The van der Waals surface area contributed by atoms with Crippen molar-refractivity contribution in [1.29, 1.82) is 10.5 Å². The first-order valence-corrected chi connectivity index (χ1v) is 6.71. The average molecular weight is 254 g/mol. The number of benzene rings is 1. The standard InChI is InChI=1S/C17H22N2/c1-12(2)15-10-13(6-8-18)16(17(3,4)5)14(11-15)7-9-19/h10-12H,6-7H2,1-5H3. The minimum atomic E-state index is -0.0477. The largest absolute Gasteiger partial charge is 0.198 e. The maximum Gasteiger partial charge on any atom is 0.0669 e. The Labute approximate surface area is 116 Å². The van der Waals surface area contributed by atoms with Gasteiger partial charge in [-0.3, -0.25) is 0 Å².